The molecule has 1 aromatic heterocycles. The molecule has 1 aliphatic heterocycles. The zero-order chi connectivity index (χ0) is 13.9. The first-order chi connectivity index (χ1) is 8.96. The topological polar surface area (TPSA) is 86.2 Å². The molecule has 0 amide bonds. The van der Waals surface area contributed by atoms with Crippen LogP contribution in [0.1, 0.15) is 37.4 Å². The van der Waals surface area contributed by atoms with E-state index in [1.54, 1.807) is 6.20 Å². The van der Waals surface area contributed by atoms with Gasteiger partial charge in [-0.2, -0.15) is 0 Å². The molecule has 0 radical (unpaired) electrons. The summed E-state index contributed by atoms with van der Waals surface area (Å²) in [6.45, 7) is 4.62. The normalized spacial score (nSPS) is 24.9. The molecule has 1 atom stereocenters. The van der Waals surface area contributed by atoms with E-state index in [1.807, 2.05) is 19.1 Å². The largest absolute Gasteiger partial charge is 0.390 e. The van der Waals surface area contributed by atoms with Gasteiger partial charge in [-0.15, -0.1) is 0 Å². The van der Waals surface area contributed by atoms with Crippen LogP contribution in [0.4, 0.5) is 0 Å². The van der Waals surface area contributed by atoms with Gasteiger partial charge in [-0.25, -0.2) is 0 Å². The van der Waals surface area contributed by atoms with E-state index in [0.29, 0.717) is 5.69 Å². The number of hydrogen-bond donors (Lipinski definition) is 3. The highest BCUT2D eigenvalue weighted by molar-refractivity contribution is 5.93. The summed E-state index contributed by atoms with van der Waals surface area (Å²) < 4.78 is 0. The molecular weight excluding hydrogens is 240 g/mol. The Balaban J connectivity index is 2.01. The van der Waals surface area contributed by atoms with Crippen molar-refractivity contribution in [1.29, 1.82) is 5.41 Å². The minimum Gasteiger partial charge on any atom is -0.390 e. The molecule has 1 fully saturated rings. The van der Waals surface area contributed by atoms with Gasteiger partial charge >= 0.3 is 0 Å². The van der Waals surface area contributed by atoms with Crippen molar-refractivity contribution in [2.24, 2.45) is 5.73 Å². The molecule has 1 aliphatic rings. The summed E-state index contributed by atoms with van der Waals surface area (Å²) in [5.41, 5.74) is 6.56. The highest BCUT2D eigenvalue weighted by Gasteiger charge is 2.24. The van der Waals surface area contributed by atoms with E-state index in [-0.39, 0.29) is 5.84 Å². The zero-order valence-electron chi connectivity index (χ0n) is 11.4. The average molecular weight is 262 g/mol. The first-order valence-corrected chi connectivity index (χ1v) is 6.70. The third-order valence-electron chi connectivity index (χ3n) is 3.66. The third kappa shape index (κ3) is 4.01. The zero-order valence-corrected chi connectivity index (χ0v) is 11.4. The lowest BCUT2D eigenvalue weighted by molar-refractivity contribution is 0.0444. The molecule has 2 rings (SSSR count). The van der Waals surface area contributed by atoms with Crippen LogP contribution in [0.3, 0.4) is 0 Å². The van der Waals surface area contributed by atoms with Gasteiger partial charge in [0, 0.05) is 19.3 Å². The molecule has 1 saturated heterocycles. The van der Waals surface area contributed by atoms with Crippen molar-refractivity contribution in [3.05, 3.63) is 29.6 Å². The monoisotopic (exact) mass is 262 g/mol. The number of pyridine rings is 1. The number of nitrogens with zero attached hydrogens (tertiary/aromatic N) is 2. The predicted molar refractivity (Wildman–Crippen MR) is 75.0 cm³/mol. The Hall–Kier alpha value is -1.46. The molecule has 0 bridgehead atoms. The molecule has 0 spiro atoms. The predicted octanol–water partition coefficient (Wildman–Crippen LogP) is 1.10. The first kappa shape index (κ1) is 14.0. The number of aliphatic hydroxyl groups is 1. The van der Waals surface area contributed by atoms with Gasteiger partial charge in [-0.05, 0) is 50.4 Å². The minimum atomic E-state index is -0.530. The lowest BCUT2D eigenvalue weighted by Crippen LogP contribution is -2.28. The van der Waals surface area contributed by atoms with Gasteiger partial charge in [0.15, 0.2) is 0 Å². The second-order valence-corrected chi connectivity index (χ2v) is 5.59. The van der Waals surface area contributed by atoms with Gasteiger partial charge in [-0.1, -0.05) is 0 Å². The van der Waals surface area contributed by atoms with Crippen LogP contribution in [0, 0.1) is 5.41 Å². The van der Waals surface area contributed by atoms with Crippen LogP contribution in [0.25, 0.3) is 0 Å². The molecule has 1 aromatic rings. The molecule has 19 heavy (non-hydrogen) atoms. The van der Waals surface area contributed by atoms with Crippen LogP contribution in [0.5, 0.6) is 0 Å². The Kier molecular flexibility index (Phi) is 4.17. The minimum absolute atomic E-state index is 0.000602. The maximum atomic E-state index is 10.1. The van der Waals surface area contributed by atoms with Crippen molar-refractivity contribution < 1.29 is 5.11 Å². The van der Waals surface area contributed by atoms with Gasteiger partial charge < -0.3 is 10.8 Å². The Morgan fingerprint density at radius 3 is 3.05 bits per heavy atom. The van der Waals surface area contributed by atoms with Crippen LogP contribution in [-0.2, 0) is 6.54 Å². The Morgan fingerprint density at radius 2 is 2.32 bits per heavy atom. The lowest BCUT2D eigenvalue weighted by Gasteiger charge is -2.22. The van der Waals surface area contributed by atoms with Crippen molar-refractivity contribution in [3.8, 4) is 0 Å². The molecule has 2 heterocycles. The second kappa shape index (κ2) is 5.67. The highest BCUT2D eigenvalue weighted by atomic mass is 16.3. The fraction of sp³-hybridized carbons (Fsp3) is 0.571. The number of rotatable bonds is 3. The molecular formula is C14H22N4O. The van der Waals surface area contributed by atoms with Gasteiger partial charge in [-0.3, -0.25) is 15.3 Å². The smallest absolute Gasteiger partial charge is 0.141 e. The maximum Gasteiger partial charge on any atom is 0.141 e. The SMILES string of the molecule is CC1(O)CCCN(Cc2ccnc(C(=N)N)c2)CC1. The van der Waals surface area contributed by atoms with Crippen molar-refractivity contribution >= 4 is 5.84 Å². The van der Waals surface area contributed by atoms with Crippen molar-refractivity contribution in [3.63, 3.8) is 0 Å². The number of nitrogens with one attached hydrogen (secondary N) is 1. The van der Waals surface area contributed by atoms with Crippen molar-refractivity contribution in [2.45, 2.75) is 38.3 Å². The molecule has 0 saturated carbocycles. The Labute approximate surface area is 114 Å². The van der Waals surface area contributed by atoms with E-state index < -0.39 is 5.60 Å². The lowest BCUT2D eigenvalue weighted by atomic mass is 9.98. The molecule has 0 aromatic carbocycles. The van der Waals surface area contributed by atoms with Crippen molar-refractivity contribution in [1.82, 2.24) is 9.88 Å². The van der Waals surface area contributed by atoms with E-state index in [1.165, 1.54) is 0 Å². The molecule has 0 aliphatic carbocycles. The highest BCUT2D eigenvalue weighted by Crippen LogP contribution is 2.22. The molecule has 1 unspecified atom stereocenters. The fourth-order valence-corrected chi connectivity index (χ4v) is 2.46. The maximum absolute atomic E-state index is 10.1. The number of aromatic nitrogens is 1. The van der Waals surface area contributed by atoms with E-state index in [2.05, 4.69) is 9.88 Å². The second-order valence-electron chi connectivity index (χ2n) is 5.59. The Bertz CT molecular complexity index is 459. The summed E-state index contributed by atoms with van der Waals surface area (Å²) in [4.78, 5) is 6.40. The van der Waals surface area contributed by atoms with E-state index in [9.17, 15) is 5.11 Å². The van der Waals surface area contributed by atoms with Gasteiger partial charge in [0.25, 0.3) is 0 Å². The standard InChI is InChI=1S/C14H22N4O/c1-14(19)4-2-7-18(8-5-14)10-11-3-6-17-12(9-11)13(15)16/h3,6,9,19H,2,4-5,7-8,10H2,1H3,(H3,15,16). The van der Waals surface area contributed by atoms with E-state index >= 15 is 0 Å². The summed E-state index contributed by atoms with van der Waals surface area (Å²) in [5, 5.41) is 17.5. The van der Waals surface area contributed by atoms with E-state index in [0.717, 1.165) is 44.5 Å². The summed E-state index contributed by atoms with van der Waals surface area (Å²) in [6.07, 6.45) is 4.37. The number of nitrogens with two attached hydrogens (primary N) is 1. The fourth-order valence-electron chi connectivity index (χ4n) is 2.46. The molecule has 5 heteroatoms. The number of likely N-dealkylation sites (tertiary alicyclic amines) is 1. The summed E-state index contributed by atoms with van der Waals surface area (Å²) in [7, 11) is 0. The molecule has 104 valence electrons. The molecule has 4 N–H and O–H groups in total. The summed E-state index contributed by atoms with van der Waals surface area (Å²) >= 11 is 0. The summed E-state index contributed by atoms with van der Waals surface area (Å²) in [5.74, 6) is 0.000602. The number of hydrogen-bond acceptors (Lipinski definition) is 4. The number of nitrogen functional groups attached to an aromatic ring is 1. The van der Waals surface area contributed by atoms with E-state index in [4.69, 9.17) is 11.1 Å². The summed E-state index contributed by atoms with van der Waals surface area (Å²) in [6, 6.07) is 3.82. The first-order valence-electron chi connectivity index (χ1n) is 6.70. The van der Waals surface area contributed by atoms with Gasteiger partial charge in [0.1, 0.15) is 11.5 Å². The average Bonchev–Trinajstić information content (AvgIpc) is 2.51. The van der Waals surface area contributed by atoms with Gasteiger partial charge in [0.2, 0.25) is 0 Å². The quantitative estimate of drug-likeness (QED) is 0.562. The van der Waals surface area contributed by atoms with Crippen LogP contribution >= 0.6 is 0 Å². The van der Waals surface area contributed by atoms with Crippen LogP contribution in [-0.4, -0.2) is 39.5 Å². The Morgan fingerprint density at radius 1 is 1.53 bits per heavy atom. The van der Waals surface area contributed by atoms with Crippen LogP contribution in [0.15, 0.2) is 18.3 Å². The van der Waals surface area contributed by atoms with Gasteiger partial charge in [0.05, 0.1) is 5.60 Å². The number of amidine groups is 1. The van der Waals surface area contributed by atoms with Crippen LogP contribution in [0.2, 0.25) is 0 Å². The van der Waals surface area contributed by atoms with Crippen LogP contribution < -0.4 is 5.73 Å². The third-order valence-corrected chi connectivity index (χ3v) is 3.66. The molecule has 5 nitrogen and oxygen atoms in total. The van der Waals surface area contributed by atoms with Crippen molar-refractivity contribution in [2.75, 3.05) is 13.1 Å².